The van der Waals surface area contributed by atoms with Crippen molar-refractivity contribution >= 4 is 27.7 Å². The molecule has 1 atom stereocenters. The van der Waals surface area contributed by atoms with Gasteiger partial charge in [0.2, 0.25) is 15.9 Å². The molecule has 1 fully saturated rings. The second-order valence-electron chi connectivity index (χ2n) is 7.40. The molecule has 0 radical (unpaired) electrons. The molecule has 2 aromatic carbocycles. The molecule has 1 amide bonds. The lowest BCUT2D eigenvalue weighted by atomic mass is 10.0. The van der Waals surface area contributed by atoms with E-state index in [-0.39, 0.29) is 11.9 Å². The Hall–Kier alpha value is -2.64. The van der Waals surface area contributed by atoms with E-state index in [0.29, 0.717) is 5.69 Å². The topological polar surface area (TPSA) is 78.5 Å². The van der Waals surface area contributed by atoms with Gasteiger partial charge in [0.05, 0.1) is 6.26 Å². The van der Waals surface area contributed by atoms with Crippen LogP contribution in [0, 0.1) is 0 Å². The van der Waals surface area contributed by atoms with Crippen molar-refractivity contribution in [2.45, 2.75) is 25.4 Å². The van der Waals surface area contributed by atoms with E-state index in [1.54, 1.807) is 30.3 Å². The van der Waals surface area contributed by atoms with Gasteiger partial charge in [-0.25, -0.2) is 8.42 Å². The van der Waals surface area contributed by atoms with Gasteiger partial charge in [-0.2, -0.15) is 0 Å². The highest BCUT2D eigenvalue weighted by Gasteiger charge is 2.20. The van der Waals surface area contributed by atoms with E-state index >= 15 is 0 Å². The Morgan fingerprint density at radius 2 is 1.86 bits per heavy atom. The van der Waals surface area contributed by atoms with Crippen LogP contribution in [0.4, 0.5) is 5.69 Å². The maximum Gasteiger partial charge on any atom is 0.244 e. The number of rotatable bonds is 7. The Kier molecular flexibility index (Phi) is 7.06. The maximum atomic E-state index is 12.3. The summed E-state index contributed by atoms with van der Waals surface area (Å²) in [5.74, 6) is -0.116. The number of hydrogen-bond acceptors (Lipinski definition) is 4. The van der Waals surface area contributed by atoms with Crippen molar-refractivity contribution in [3.8, 4) is 0 Å². The zero-order valence-electron chi connectivity index (χ0n) is 16.5. The van der Waals surface area contributed by atoms with Crippen LogP contribution in [-0.2, 0) is 21.4 Å². The number of benzene rings is 2. The second kappa shape index (κ2) is 9.71. The zero-order valence-corrected chi connectivity index (χ0v) is 17.4. The SMILES string of the molecule is CS(=O)(=O)Nc1ccc(/C=C/C(=O)NC2CCCN(Cc3ccccc3)C2)cc1. The normalized spacial score (nSPS) is 17.9. The standard InChI is InChI=1S/C22H27N3O3S/c1-29(27,28)24-20-12-9-18(10-13-20)11-14-22(26)23-21-8-5-15-25(17-21)16-19-6-3-2-4-7-19/h2-4,6-7,9-14,21,24H,5,8,15-17H2,1H3,(H,23,26)/b14-11+. The summed E-state index contributed by atoms with van der Waals surface area (Å²) in [4.78, 5) is 14.7. The largest absolute Gasteiger partial charge is 0.349 e. The van der Waals surface area contributed by atoms with Crippen LogP contribution in [-0.4, -0.2) is 44.6 Å². The van der Waals surface area contributed by atoms with Crippen LogP contribution < -0.4 is 10.0 Å². The van der Waals surface area contributed by atoms with Gasteiger partial charge in [-0.1, -0.05) is 42.5 Å². The van der Waals surface area contributed by atoms with Gasteiger partial charge in [-0.3, -0.25) is 14.4 Å². The summed E-state index contributed by atoms with van der Waals surface area (Å²) in [6.07, 6.45) is 6.41. The molecule has 29 heavy (non-hydrogen) atoms. The number of nitrogens with one attached hydrogen (secondary N) is 2. The van der Waals surface area contributed by atoms with E-state index in [1.807, 2.05) is 18.2 Å². The number of piperidine rings is 1. The molecule has 1 aliphatic heterocycles. The molecule has 1 aliphatic rings. The van der Waals surface area contributed by atoms with E-state index in [4.69, 9.17) is 0 Å². The van der Waals surface area contributed by atoms with Gasteiger partial charge in [0.1, 0.15) is 0 Å². The van der Waals surface area contributed by atoms with Crippen LogP contribution in [0.5, 0.6) is 0 Å². The van der Waals surface area contributed by atoms with Gasteiger partial charge < -0.3 is 5.32 Å². The third kappa shape index (κ3) is 7.36. The molecule has 0 aliphatic carbocycles. The lowest BCUT2D eigenvalue weighted by molar-refractivity contribution is -0.117. The summed E-state index contributed by atoms with van der Waals surface area (Å²) in [5, 5.41) is 3.09. The highest BCUT2D eigenvalue weighted by molar-refractivity contribution is 7.92. The monoisotopic (exact) mass is 413 g/mol. The molecule has 0 aromatic heterocycles. The summed E-state index contributed by atoms with van der Waals surface area (Å²) < 4.78 is 24.9. The molecule has 1 heterocycles. The maximum absolute atomic E-state index is 12.3. The van der Waals surface area contributed by atoms with Crippen molar-refractivity contribution in [3.63, 3.8) is 0 Å². The molecular formula is C22H27N3O3S. The number of anilines is 1. The van der Waals surface area contributed by atoms with Crippen molar-refractivity contribution in [1.82, 2.24) is 10.2 Å². The number of amides is 1. The Balaban J connectivity index is 1.49. The van der Waals surface area contributed by atoms with Gasteiger partial charge in [-0.15, -0.1) is 0 Å². The molecule has 6 nitrogen and oxygen atoms in total. The molecular weight excluding hydrogens is 386 g/mol. The summed E-state index contributed by atoms with van der Waals surface area (Å²) >= 11 is 0. The summed E-state index contributed by atoms with van der Waals surface area (Å²) in [6.45, 7) is 2.79. The van der Waals surface area contributed by atoms with Gasteiger partial charge >= 0.3 is 0 Å². The molecule has 3 rings (SSSR count). The van der Waals surface area contributed by atoms with Crippen molar-refractivity contribution in [2.75, 3.05) is 24.1 Å². The number of sulfonamides is 1. The van der Waals surface area contributed by atoms with Gasteiger partial charge in [0.15, 0.2) is 0 Å². The van der Waals surface area contributed by atoms with Crippen LogP contribution in [0.25, 0.3) is 6.08 Å². The fourth-order valence-corrected chi connectivity index (χ4v) is 4.02. The molecule has 2 aromatic rings. The molecule has 154 valence electrons. The zero-order chi connectivity index (χ0) is 20.7. The smallest absolute Gasteiger partial charge is 0.244 e. The first-order valence-corrected chi connectivity index (χ1v) is 11.6. The van der Waals surface area contributed by atoms with Crippen molar-refractivity contribution in [2.24, 2.45) is 0 Å². The van der Waals surface area contributed by atoms with E-state index in [9.17, 15) is 13.2 Å². The predicted molar refractivity (Wildman–Crippen MR) is 117 cm³/mol. The van der Waals surface area contributed by atoms with E-state index in [0.717, 1.165) is 44.3 Å². The van der Waals surface area contributed by atoms with Crippen LogP contribution in [0.15, 0.2) is 60.7 Å². The van der Waals surface area contributed by atoms with Gasteiger partial charge in [-0.05, 0) is 48.7 Å². The Bertz CT molecular complexity index is 941. The van der Waals surface area contributed by atoms with Crippen molar-refractivity contribution < 1.29 is 13.2 Å². The van der Waals surface area contributed by atoms with Crippen LogP contribution in [0.1, 0.15) is 24.0 Å². The summed E-state index contributed by atoms with van der Waals surface area (Å²) in [6, 6.07) is 17.4. The van der Waals surface area contributed by atoms with E-state index in [1.165, 1.54) is 11.6 Å². The highest BCUT2D eigenvalue weighted by Crippen LogP contribution is 2.14. The van der Waals surface area contributed by atoms with E-state index < -0.39 is 10.0 Å². The van der Waals surface area contributed by atoms with Crippen LogP contribution in [0.2, 0.25) is 0 Å². The van der Waals surface area contributed by atoms with Crippen molar-refractivity contribution in [1.29, 1.82) is 0 Å². The molecule has 2 N–H and O–H groups in total. The molecule has 0 spiro atoms. The summed E-state index contributed by atoms with van der Waals surface area (Å²) in [7, 11) is -3.29. The van der Waals surface area contributed by atoms with E-state index in [2.05, 4.69) is 27.1 Å². The highest BCUT2D eigenvalue weighted by atomic mass is 32.2. The fraction of sp³-hybridized carbons (Fsp3) is 0.318. The third-order valence-corrected chi connectivity index (χ3v) is 5.35. The molecule has 0 saturated carbocycles. The van der Waals surface area contributed by atoms with Gasteiger partial charge in [0, 0.05) is 30.9 Å². The predicted octanol–water partition coefficient (Wildman–Crippen LogP) is 2.85. The minimum atomic E-state index is -3.29. The molecule has 7 heteroatoms. The minimum absolute atomic E-state index is 0.116. The first-order valence-electron chi connectivity index (χ1n) is 9.70. The number of carbonyl (C=O) groups is 1. The number of nitrogens with zero attached hydrogens (tertiary/aromatic N) is 1. The van der Waals surface area contributed by atoms with Crippen LogP contribution in [0.3, 0.4) is 0 Å². The quantitative estimate of drug-likeness (QED) is 0.684. The minimum Gasteiger partial charge on any atom is -0.349 e. The number of hydrogen-bond donors (Lipinski definition) is 2. The molecule has 0 bridgehead atoms. The fourth-order valence-electron chi connectivity index (χ4n) is 3.46. The average molecular weight is 414 g/mol. The lowest BCUT2D eigenvalue weighted by Gasteiger charge is -2.33. The van der Waals surface area contributed by atoms with Crippen molar-refractivity contribution in [3.05, 3.63) is 71.8 Å². The van der Waals surface area contributed by atoms with Gasteiger partial charge in [0.25, 0.3) is 0 Å². The molecule has 1 unspecified atom stereocenters. The van der Waals surface area contributed by atoms with Crippen LogP contribution >= 0.6 is 0 Å². The lowest BCUT2D eigenvalue weighted by Crippen LogP contribution is -2.46. The Morgan fingerprint density at radius 3 is 2.55 bits per heavy atom. The second-order valence-corrected chi connectivity index (χ2v) is 9.15. The first-order chi connectivity index (χ1) is 13.9. The average Bonchev–Trinajstić information content (AvgIpc) is 2.67. The number of carbonyl (C=O) groups excluding carboxylic acids is 1. The Labute approximate surface area is 172 Å². The number of likely N-dealkylation sites (tertiary alicyclic amines) is 1. The molecule has 1 saturated heterocycles. The first kappa shape index (κ1) is 21.1. The Morgan fingerprint density at radius 1 is 1.14 bits per heavy atom. The summed E-state index contributed by atoms with van der Waals surface area (Å²) in [5.41, 5.74) is 2.61. The third-order valence-electron chi connectivity index (χ3n) is 4.74.